The van der Waals surface area contributed by atoms with Crippen LogP contribution in [0.1, 0.15) is 30.7 Å². The molecule has 0 spiro atoms. The van der Waals surface area contributed by atoms with E-state index in [9.17, 15) is 23.1 Å². The van der Waals surface area contributed by atoms with Crippen molar-refractivity contribution in [2.24, 2.45) is 5.92 Å². The number of cyclic esters (lactones) is 1. The van der Waals surface area contributed by atoms with Crippen LogP contribution in [0.2, 0.25) is 0 Å². The third-order valence-corrected chi connectivity index (χ3v) is 11.0. The average molecular weight is 658 g/mol. The Morgan fingerprint density at radius 1 is 1.18 bits per heavy atom. The zero-order chi connectivity index (χ0) is 31.3. The third-order valence-electron chi connectivity index (χ3n) is 7.64. The Bertz CT molecular complexity index is 1660. The summed E-state index contributed by atoms with van der Waals surface area (Å²) >= 11 is 2.75. The molecule has 4 aromatic rings. The van der Waals surface area contributed by atoms with E-state index in [0.29, 0.717) is 5.52 Å². The van der Waals surface area contributed by atoms with Crippen LogP contribution in [-0.4, -0.2) is 82.6 Å². The number of ether oxygens (including phenoxy) is 1. The van der Waals surface area contributed by atoms with E-state index in [0.717, 1.165) is 21.6 Å². The molecule has 2 aromatic carbocycles. The first-order chi connectivity index (χ1) is 21.1. The molecule has 0 aliphatic carbocycles. The summed E-state index contributed by atoms with van der Waals surface area (Å²) in [6.07, 6.45) is -0.314. The minimum Gasteiger partial charge on any atom is -0.434 e. The molecule has 2 N–H and O–H groups in total. The van der Waals surface area contributed by atoms with Crippen LogP contribution in [0, 0.1) is 5.92 Å². The van der Waals surface area contributed by atoms with E-state index in [1.807, 2.05) is 44.2 Å². The van der Waals surface area contributed by atoms with Gasteiger partial charge < -0.3 is 15.2 Å². The van der Waals surface area contributed by atoms with Crippen molar-refractivity contribution in [3.8, 4) is 0 Å². The zero-order valence-corrected chi connectivity index (χ0v) is 26.9. The molecule has 44 heavy (non-hydrogen) atoms. The van der Waals surface area contributed by atoms with Gasteiger partial charge in [0, 0.05) is 24.2 Å². The maximum atomic E-state index is 13.9. The lowest BCUT2D eigenvalue weighted by Gasteiger charge is -2.31. The summed E-state index contributed by atoms with van der Waals surface area (Å²) in [4.78, 5) is 36.6. The van der Waals surface area contributed by atoms with Crippen molar-refractivity contribution in [3.05, 3.63) is 76.2 Å². The summed E-state index contributed by atoms with van der Waals surface area (Å²) in [5.74, 6) is -0.536. The number of aliphatic hydroxyl groups excluding tert-OH is 1. The maximum absolute atomic E-state index is 13.9. The number of aromatic nitrogens is 2. The molecule has 234 valence electrons. The molecule has 2 amide bonds. The fourth-order valence-electron chi connectivity index (χ4n) is 4.94. The Morgan fingerprint density at radius 3 is 2.70 bits per heavy atom. The number of hydrogen-bond acceptors (Lipinski definition) is 10. The molecule has 1 aliphatic heterocycles. The van der Waals surface area contributed by atoms with Crippen molar-refractivity contribution >= 4 is 54.9 Å². The van der Waals surface area contributed by atoms with E-state index < -0.39 is 40.3 Å². The number of sulfonamides is 1. The first-order valence-corrected chi connectivity index (χ1v) is 17.5. The standard InChI is InChI=1S/C30H35N5O6S3/c1-3-20(2)14-35(44(39,40)23-9-10-24-28(12-23)43-19-32-24)16-26(36)25(11-21-7-5-4-6-8-21)33-29(37)27-17-34(30(38)41-27)15-22-13-31-18-42-22/h4-10,12-13,18-20,25-27,36H,3,11,14-17H2,1-2H3,(H,33,37)/t20-,25?,26-,27+/m1/s1. The number of nitrogens with one attached hydrogen (secondary N) is 1. The van der Waals surface area contributed by atoms with E-state index in [-0.39, 0.29) is 43.4 Å². The van der Waals surface area contributed by atoms with Crippen LogP contribution >= 0.6 is 22.7 Å². The molecule has 1 unspecified atom stereocenters. The largest absolute Gasteiger partial charge is 0.434 e. The predicted molar refractivity (Wildman–Crippen MR) is 169 cm³/mol. The van der Waals surface area contributed by atoms with Crippen LogP contribution in [0.5, 0.6) is 0 Å². The highest BCUT2D eigenvalue weighted by Gasteiger charge is 2.38. The third kappa shape index (κ3) is 7.61. The molecule has 1 fully saturated rings. The lowest BCUT2D eigenvalue weighted by atomic mass is 10.0. The molecule has 1 aliphatic rings. The lowest BCUT2D eigenvalue weighted by Crippen LogP contribution is -2.53. The lowest BCUT2D eigenvalue weighted by molar-refractivity contribution is -0.129. The van der Waals surface area contributed by atoms with Crippen LogP contribution in [0.15, 0.2) is 70.6 Å². The van der Waals surface area contributed by atoms with Gasteiger partial charge in [-0.15, -0.1) is 22.7 Å². The van der Waals surface area contributed by atoms with Gasteiger partial charge in [0.15, 0.2) is 6.10 Å². The Morgan fingerprint density at radius 2 is 1.98 bits per heavy atom. The highest BCUT2D eigenvalue weighted by atomic mass is 32.2. The van der Waals surface area contributed by atoms with Gasteiger partial charge in [-0.25, -0.2) is 18.2 Å². The van der Waals surface area contributed by atoms with Crippen LogP contribution in [0.25, 0.3) is 10.2 Å². The van der Waals surface area contributed by atoms with Crippen LogP contribution in [0.3, 0.4) is 0 Å². The van der Waals surface area contributed by atoms with Crippen molar-refractivity contribution in [1.82, 2.24) is 24.5 Å². The number of rotatable bonds is 14. The Labute approximate surface area is 264 Å². The minimum absolute atomic E-state index is 0.0219. The van der Waals surface area contributed by atoms with Crippen molar-refractivity contribution in [2.45, 2.75) is 56.4 Å². The quantitative estimate of drug-likeness (QED) is 0.208. The van der Waals surface area contributed by atoms with Crippen molar-refractivity contribution in [3.63, 3.8) is 0 Å². The van der Waals surface area contributed by atoms with Gasteiger partial charge >= 0.3 is 6.09 Å². The van der Waals surface area contributed by atoms with Crippen molar-refractivity contribution in [2.75, 3.05) is 19.6 Å². The number of benzene rings is 2. The van der Waals surface area contributed by atoms with Gasteiger partial charge in [-0.1, -0.05) is 50.6 Å². The zero-order valence-electron chi connectivity index (χ0n) is 24.4. The second kappa shape index (κ2) is 14.1. The molecule has 0 bridgehead atoms. The number of nitrogens with zero attached hydrogens (tertiary/aromatic N) is 4. The number of fused-ring (bicyclic) bond motifs is 1. The molecule has 14 heteroatoms. The minimum atomic E-state index is -4.00. The van der Waals surface area contributed by atoms with Crippen molar-refractivity contribution in [1.29, 1.82) is 0 Å². The van der Waals surface area contributed by atoms with Crippen LogP contribution in [0.4, 0.5) is 4.79 Å². The van der Waals surface area contributed by atoms with E-state index >= 15 is 0 Å². The van der Waals surface area contributed by atoms with Gasteiger partial charge in [-0.3, -0.25) is 14.7 Å². The van der Waals surface area contributed by atoms with E-state index in [4.69, 9.17) is 4.74 Å². The molecule has 11 nitrogen and oxygen atoms in total. The van der Waals surface area contributed by atoms with E-state index in [2.05, 4.69) is 15.3 Å². The summed E-state index contributed by atoms with van der Waals surface area (Å²) < 4.78 is 35.3. The van der Waals surface area contributed by atoms with Crippen LogP contribution in [-0.2, 0) is 32.5 Å². The Balaban J connectivity index is 1.35. The van der Waals surface area contributed by atoms with E-state index in [1.54, 1.807) is 29.4 Å². The normalized spacial score (nSPS) is 17.5. The molecule has 0 saturated carbocycles. The van der Waals surface area contributed by atoms with Gasteiger partial charge in [-0.05, 0) is 36.1 Å². The molecule has 4 atom stereocenters. The summed E-state index contributed by atoms with van der Waals surface area (Å²) in [7, 11) is -4.00. The van der Waals surface area contributed by atoms with Gasteiger partial charge in [0.05, 0.1) is 51.4 Å². The van der Waals surface area contributed by atoms with Gasteiger partial charge in [0.25, 0.3) is 5.91 Å². The summed E-state index contributed by atoms with van der Waals surface area (Å²) in [5.41, 5.74) is 4.89. The average Bonchev–Trinajstić information content (AvgIpc) is 3.78. The molecule has 5 rings (SSSR count). The second-order valence-electron chi connectivity index (χ2n) is 10.9. The summed E-state index contributed by atoms with van der Waals surface area (Å²) in [5, 5.41) is 14.5. The SMILES string of the molecule is CC[C@@H](C)CN(C[C@@H](O)C(Cc1ccccc1)NC(=O)[C@@H]1CN(Cc2cncs2)C(=O)O1)S(=O)(=O)c1ccc2ncsc2c1. The topological polar surface area (TPSA) is 142 Å². The van der Waals surface area contributed by atoms with E-state index in [1.165, 1.54) is 37.9 Å². The Kier molecular flexibility index (Phi) is 10.3. The number of carbonyl (C=O) groups is 2. The predicted octanol–water partition coefficient (Wildman–Crippen LogP) is 3.90. The van der Waals surface area contributed by atoms with Gasteiger partial charge in [0.2, 0.25) is 10.0 Å². The number of amides is 2. The number of aliphatic hydroxyl groups is 1. The number of thiazole rings is 2. The number of carbonyl (C=O) groups excluding carboxylic acids is 2. The number of hydrogen-bond donors (Lipinski definition) is 2. The maximum Gasteiger partial charge on any atom is 0.411 e. The second-order valence-corrected chi connectivity index (χ2v) is 14.7. The smallest absolute Gasteiger partial charge is 0.411 e. The van der Waals surface area contributed by atoms with Gasteiger partial charge in [-0.2, -0.15) is 4.31 Å². The Hall–Kier alpha value is -3.43. The molecule has 3 heterocycles. The van der Waals surface area contributed by atoms with Crippen molar-refractivity contribution < 1.29 is 27.9 Å². The molecule has 1 saturated heterocycles. The summed E-state index contributed by atoms with van der Waals surface area (Å²) in [6.45, 7) is 4.21. The molecule has 0 radical (unpaired) electrons. The molecular formula is C30H35N5O6S3. The molecule has 2 aromatic heterocycles. The fraction of sp³-hybridized carbons (Fsp3) is 0.400. The first kappa shape index (κ1) is 32.0. The summed E-state index contributed by atoms with van der Waals surface area (Å²) in [6, 6.07) is 13.3. The highest BCUT2D eigenvalue weighted by molar-refractivity contribution is 7.89. The van der Waals surface area contributed by atoms with Gasteiger partial charge in [0.1, 0.15) is 0 Å². The highest BCUT2D eigenvalue weighted by Crippen LogP contribution is 2.26. The first-order valence-electron chi connectivity index (χ1n) is 14.3. The van der Waals surface area contributed by atoms with Crippen LogP contribution < -0.4 is 5.32 Å². The fourth-order valence-corrected chi connectivity index (χ4v) is 7.94. The monoisotopic (exact) mass is 657 g/mol. The molecular weight excluding hydrogens is 623 g/mol.